The van der Waals surface area contributed by atoms with Crippen LogP contribution in [0.2, 0.25) is 0 Å². The summed E-state index contributed by atoms with van der Waals surface area (Å²) in [5.74, 6) is 0.0383. The molecule has 25 heavy (non-hydrogen) atoms. The van der Waals surface area contributed by atoms with Gasteiger partial charge in [-0.05, 0) is 6.42 Å². The molecule has 0 aliphatic rings. The van der Waals surface area contributed by atoms with Crippen LogP contribution in [0.4, 0.5) is 0 Å². The Hall–Kier alpha value is -1.93. The Bertz CT molecular complexity index is 518. The first-order valence-corrected chi connectivity index (χ1v) is 8.60. The number of carbonyl (C=O) groups is 2. The summed E-state index contributed by atoms with van der Waals surface area (Å²) in [5.41, 5.74) is 0.191. The van der Waals surface area contributed by atoms with Gasteiger partial charge in [-0.25, -0.2) is 4.98 Å². The second kappa shape index (κ2) is 12.4. The van der Waals surface area contributed by atoms with E-state index in [1.807, 2.05) is 0 Å². The number of unbranched alkanes of at least 4 members (excludes halogenated alkanes) is 2. The summed E-state index contributed by atoms with van der Waals surface area (Å²) >= 11 is 0. The number of hydrogen-bond acceptors (Lipinski definition) is 6. The molecule has 2 amide bonds. The molecule has 8 heteroatoms. The highest BCUT2D eigenvalue weighted by Crippen LogP contribution is 2.09. The van der Waals surface area contributed by atoms with Crippen molar-refractivity contribution in [1.29, 1.82) is 0 Å². The van der Waals surface area contributed by atoms with E-state index in [9.17, 15) is 9.59 Å². The maximum absolute atomic E-state index is 12.4. The predicted molar refractivity (Wildman–Crippen MR) is 92.1 cm³/mol. The first-order valence-electron chi connectivity index (χ1n) is 8.60. The van der Waals surface area contributed by atoms with Crippen molar-refractivity contribution < 1.29 is 23.5 Å². The number of oxazole rings is 1. The Balaban J connectivity index is 2.61. The topological polar surface area (TPSA) is 93.9 Å². The van der Waals surface area contributed by atoms with E-state index in [1.165, 1.54) is 6.26 Å². The van der Waals surface area contributed by atoms with Crippen molar-refractivity contribution in [2.24, 2.45) is 0 Å². The Kier molecular flexibility index (Phi) is 10.5. The highest BCUT2D eigenvalue weighted by atomic mass is 16.5. The molecule has 0 spiro atoms. The number of nitrogens with zero attached hydrogens (tertiary/aromatic N) is 2. The maximum Gasteiger partial charge on any atom is 0.273 e. The smallest absolute Gasteiger partial charge is 0.273 e. The van der Waals surface area contributed by atoms with Gasteiger partial charge in [-0.15, -0.1) is 0 Å². The van der Waals surface area contributed by atoms with E-state index < -0.39 is 0 Å². The fourth-order valence-electron chi connectivity index (χ4n) is 2.19. The molecule has 8 nitrogen and oxygen atoms in total. The van der Waals surface area contributed by atoms with Crippen molar-refractivity contribution in [2.45, 2.75) is 39.2 Å². The zero-order valence-electron chi connectivity index (χ0n) is 15.4. The van der Waals surface area contributed by atoms with Crippen molar-refractivity contribution in [3.63, 3.8) is 0 Å². The van der Waals surface area contributed by atoms with Crippen molar-refractivity contribution in [3.05, 3.63) is 17.8 Å². The number of amides is 2. The molecule has 142 valence electrons. The second-order valence-electron chi connectivity index (χ2n) is 5.64. The van der Waals surface area contributed by atoms with Crippen LogP contribution in [0.25, 0.3) is 0 Å². The lowest BCUT2D eigenvalue weighted by Gasteiger charge is -2.20. The van der Waals surface area contributed by atoms with E-state index in [-0.39, 0.29) is 24.1 Å². The quantitative estimate of drug-likeness (QED) is 0.540. The van der Waals surface area contributed by atoms with Gasteiger partial charge in [-0.1, -0.05) is 19.8 Å². The molecular formula is C17H29N3O5. The van der Waals surface area contributed by atoms with E-state index in [4.69, 9.17) is 13.9 Å². The minimum Gasteiger partial charge on any atom is -0.446 e. The van der Waals surface area contributed by atoms with Crippen molar-refractivity contribution in [1.82, 2.24) is 15.2 Å². The SMILES string of the molecule is CCCCCC(=O)N(CCOC)Cc1nc(C(=O)NCCOC)co1. The lowest BCUT2D eigenvalue weighted by Crippen LogP contribution is -2.33. The monoisotopic (exact) mass is 355 g/mol. The number of carbonyl (C=O) groups excluding carboxylic acids is 2. The molecule has 0 saturated heterocycles. The highest BCUT2D eigenvalue weighted by Gasteiger charge is 2.18. The van der Waals surface area contributed by atoms with Crippen molar-refractivity contribution in [3.8, 4) is 0 Å². The number of rotatable bonds is 13. The number of nitrogens with one attached hydrogen (secondary N) is 1. The molecule has 0 fully saturated rings. The summed E-state index contributed by atoms with van der Waals surface area (Å²) in [7, 11) is 3.15. The molecule has 0 saturated carbocycles. The van der Waals surface area contributed by atoms with Gasteiger partial charge >= 0.3 is 0 Å². The summed E-state index contributed by atoms with van der Waals surface area (Å²) < 4.78 is 15.3. The van der Waals surface area contributed by atoms with Gasteiger partial charge in [0.15, 0.2) is 5.69 Å². The minimum absolute atomic E-state index is 0.0368. The van der Waals surface area contributed by atoms with Gasteiger partial charge in [0.1, 0.15) is 6.26 Å². The maximum atomic E-state index is 12.4. The van der Waals surface area contributed by atoms with Gasteiger partial charge in [0.05, 0.1) is 19.8 Å². The summed E-state index contributed by atoms with van der Waals surface area (Å²) in [6.45, 7) is 4.03. The lowest BCUT2D eigenvalue weighted by molar-refractivity contribution is -0.132. The predicted octanol–water partition coefficient (Wildman–Crippen LogP) is 1.61. The van der Waals surface area contributed by atoms with Crippen LogP contribution in [0.3, 0.4) is 0 Å². The van der Waals surface area contributed by atoms with Gasteiger partial charge < -0.3 is 24.1 Å². The van der Waals surface area contributed by atoms with E-state index in [0.717, 1.165) is 19.3 Å². The largest absolute Gasteiger partial charge is 0.446 e. The molecule has 0 unspecified atom stereocenters. The average Bonchev–Trinajstić information content (AvgIpc) is 3.07. The van der Waals surface area contributed by atoms with E-state index in [2.05, 4.69) is 17.2 Å². The zero-order valence-corrected chi connectivity index (χ0v) is 15.4. The molecule has 0 aliphatic heterocycles. The molecule has 0 bridgehead atoms. The van der Waals surface area contributed by atoms with Crippen LogP contribution in [0.5, 0.6) is 0 Å². The van der Waals surface area contributed by atoms with Gasteiger partial charge in [-0.3, -0.25) is 9.59 Å². The summed E-state index contributed by atoms with van der Waals surface area (Å²) in [6.07, 6.45) is 4.73. The van der Waals surface area contributed by atoms with Crippen LogP contribution < -0.4 is 5.32 Å². The second-order valence-corrected chi connectivity index (χ2v) is 5.64. The number of aromatic nitrogens is 1. The molecule has 1 N–H and O–H groups in total. The Labute approximate surface area is 148 Å². The van der Waals surface area contributed by atoms with E-state index >= 15 is 0 Å². The molecular weight excluding hydrogens is 326 g/mol. The molecule has 0 atom stereocenters. The Morgan fingerprint density at radius 2 is 2.00 bits per heavy atom. The van der Waals surface area contributed by atoms with Crippen LogP contribution in [0.15, 0.2) is 10.7 Å². The first-order chi connectivity index (χ1) is 12.1. The summed E-state index contributed by atoms with van der Waals surface area (Å²) in [6, 6.07) is 0. The van der Waals surface area contributed by atoms with E-state index in [1.54, 1.807) is 19.1 Å². The molecule has 1 rings (SSSR count). The first kappa shape index (κ1) is 21.1. The summed E-state index contributed by atoms with van der Waals surface area (Å²) in [5, 5.41) is 2.67. The Morgan fingerprint density at radius 1 is 1.24 bits per heavy atom. The van der Waals surface area contributed by atoms with Gasteiger partial charge in [0.25, 0.3) is 5.91 Å². The highest BCUT2D eigenvalue weighted by molar-refractivity contribution is 5.91. The van der Waals surface area contributed by atoms with Crippen LogP contribution in [-0.4, -0.2) is 62.2 Å². The molecule has 0 radical (unpaired) electrons. The lowest BCUT2D eigenvalue weighted by atomic mass is 10.2. The summed E-state index contributed by atoms with van der Waals surface area (Å²) in [4.78, 5) is 30.1. The average molecular weight is 355 g/mol. The third-order valence-corrected chi connectivity index (χ3v) is 3.61. The molecule has 1 aromatic rings. The molecule has 0 aliphatic carbocycles. The van der Waals surface area contributed by atoms with Crippen LogP contribution in [0.1, 0.15) is 49.0 Å². The normalized spacial score (nSPS) is 10.7. The van der Waals surface area contributed by atoms with Gasteiger partial charge in [0, 0.05) is 33.7 Å². The van der Waals surface area contributed by atoms with Crippen LogP contribution >= 0.6 is 0 Å². The van der Waals surface area contributed by atoms with E-state index in [0.29, 0.717) is 38.6 Å². The third-order valence-electron chi connectivity index (χ3n) is 3.61. The van der Waals surface area contributed by atoms with Crippen LogP contribution in [-0.2, 0) is 20.8 Å². The fourth-order valence-corrected chi connectivity index (χ4v) is 2.19. The zero-order chi connectivity index (χ0) is 18.5. The fraction of sp³-hybridized carbons (Fsp3) is 0.706. The molecule has 1 heterocycles. The number of ether oxygens (including phenoxy) is 2. The number of hydrogen-bond donors (Lipinski definition) is 1. The number of methoxy groups -OCH3 is 2. The minimum atomic E-state index is -0.329. The standard InChI is InChI=1S/C17H29N3O5/c1-4-5-6-7-16(21)20(9-11-24-3)12-15-19-14(13-25-15)17(22)18-8-10-23-2/h13H,4-12H2,1-3H3,(H,18,22). The van der Waals surface area contributed by atoms with Crippen LogP contribution in [0, 0.1) is 0 Å². The van der Waals surface area contributed by atoms with Gasteiger partial charge in [0.2, 0.25) is 11.8 Å². The molecule has 1 aromatic heterocycles. The van der Waals surface area contributed by atoms with Crippen molar-refractivity contribution in [2.75, 3.05) is 40.5 Å². The third kappa shape index (κ3) is 8.13. The Morgan fingerprint density at radius 3 is 2.68 bits per heavy atom. The van der Waals surface area contributed by atoms with Crippen molar-refractivity contribution >= 4 is 11.8 Å². The van der Waals surface area contributed by atoms with Gasteiger partial charge in [-0.2, -0.15) is 0 Å². The molecule has 0 aromatic carbocycles.